The molecule has 0 aliphatic carbocycles. The summed E-state index contributed by atoms with van der Waals surface area (Å²) in [6.07, 6.45) is 1.49. The van der Waals surface area contributed by atoms with Crippen molar-refractivity contribution in [2.45, 2.75) is 13.5 Å². The van der Waals surface area contributed by atoms with E-state index in [0.717, 1.165) is 11.3 Å². The van der Waals surface area contributed by atoms with Crippen molar-refractivity contribution >= 4 is 17.3 Å². The molecule has 0 N–H and O–H groups in total. The largest absolute Gasteiger partial charge is 0.461 e. The van der Waals surface area contributed by atoms with Gasteiger partial charge in [-0.3, -0.25) is 9.36 Å². The third-order valence-electron chi connectivity index (χ3n) is 2.76. The molecular weight excluding hydrogens is 310 g/mol. The van der Waals surface area contributed by atoms with Crippen LogP contribution >= 0.6 is 11.3 Å². The Bertz CT molecular complexity index is 830. The Morgan fingerprint density at radius 2 is 2.32 bits per heavy atom. The summed E-state index contributed by atoms with van der Waals surface area (Å²) < 4.78 is 16.7. The van der Waals surface area contributed by atoms with Gasteiger partial charge < -0.3 is 13.6 Å². The molecule has 3 heterocycles. The number of carbonyl (C=O) groups is 1. The minimum absolute atomic E-state index is 0.00973. The molecule has 9 heteroatoms. The Morgan fingerprint density at radius 3 is 3.05 bits per heavy atom. The molecule has 0 unspecified atom stereocenters. The first kappa shape index (κ1) is 14.3. The summed E-state index contributed by atoms with van der Waals surface area (Å²) in [5, 5.41) is 9.14. The predicted molar refractivity (Wildman–Crippen MR) is 75.6 cm³/mol. The van der Waals surface area contributed by atoms with Crippen molar-refractivity contribution in [3.8, 4) is 11.7 Å². The number of hydrogen-bond donors (Lipinski definition) is 0. The van der Waals surface area contributed by atoms with Gasteiger partial charge >= 0.3 is 10.8 Å². The minimum Gasteiger partial charge on any atom is -0.461 e. The van der Waals surface area contributed by atoms with Crippen molar-refractivity contribution in [2.24, 2.45) is 0 Å². The van der Waals surface area contributed by atoms with Crippen LogP contribution in [0, 0.1) is 0 Å². The molecule has 0 bridgehead atoms. The van der Waals surface area contributed by atoms with Crippen molar-refractivity contribution in [3.05, 3.63) is 45.0 Å². The van der Waals surface area contributed by atoms with Crippen LogP contribution in [0.25, 0.3) is 11.7 Å². The molecule has 0 aliphatic rings. The van der Waals surface area contributed by atoms with Crippen molar-refractivity contribution < 1.29 is 18.4 Å². The zero-order valence-electron chi connectivity index (χ0n) is 11.5. The maximum absolute atomic E-state index is 11.9. The third-order valence-corrected chi connectivity index (χ3v) is 3.52. The van der Waals surface area contributed by atoms with E-state index >= 15 is 0 Å². The molecule has 3 aromatic heterocycles. The third kappa shape index (κ3) is 2.70. The molecule has 0 saturated carbocycles. The van der Waals surface area contributed by atoms with Gasteiger partial charge in [-0.15, -0.1) is 10.2 Å². The number of carbonyl (C=O) groups excluding carboxylic acids is 1. The second-order valence-corrected chi connectivity index (χ2v) is 4.99. The topological polar surface area (TPSA) is 100 Å². The summed E-state index contributed by atoms with van der Waals surface area (Å²) in [7, 11) is 0. The maximum atomic E-state index is 11.9. The number of esters is 1. The van der Waals surface area contributed by atoms with E-state index in [1.807, 2.05) is 0 Å². The first-order valence-electron chi connectivity index (χ1n) is 6.40. The van der Waals surface area contributed by atoms with Crippen LogP contribution in [0.5, 0.6) is 0 Å². The van der Waals surface area contributed by atoms with Crippen molar-refractivity contribution in [2.75, 3.05) is 6.61 Å². The number of aromatic nitrogens is 3. The maximum Gasteiger partial charge on any atom is 0.355 e. The van der Waals surface area contributed by atoms with E-state index in [1.165, 1.54) is 16.2 Å². The zero-order valence-corrected chi connectivity index (χ0v) is 12.3. The van der Waals surface area contributed by atoms with E-state index in [9.17, 15) is 9.59 Å². The fourth-order valence-electron chi connectivity index (χ4n) is 1.80. The highest BCUT2D eigenvalue weighted by Gasteiger charge is 2.19. The SMILES string of the molecule is CCOC(=O)c1csc(=O)n1Cc1nnc(-c2ccco2)o1. The lowest BCUT2D eigenvalue weighted by molar-refractivity contribution is 0.0513. The van der Waals surface area contributed by atoms with Crippen LogP contribution in [0.15, 0.2) is 37.4 Å². The van der Waals surface area contributed by atoms with Gasteiger partial charge in [-0.1, -0.05) is 11.3 Å². The highest BCUT2D eigenvalue weighted by molar-refractivity contribution is 7.07. The van der Waals surface area contributed by atoms with Gasteiger partial charge in [-0.25, -0.2) is 4.79 Å². The van der Waals surface area contributed by atoms with E-state index < -0.39 is 5.97 Å². The Morgan fingerprint density at radius 1 is 1.45 bits per heavy atom. The van der Waals surface area contributed by atoms with Crippen molar-refractivity contribution in [1.82, 2.24) is 14.8 Å². The molecule has 22 heavy (non-hydrogen) atoms. The molecule has 3 rings (SSSR count). The highest BCUT2D eigenvalue weighted by atomic mass is 32.1. The number of thiazole rings is 1. The molecule has 8 nitrogen and oxygen atoms in total. The Hall–Kier alpha value is -2.68. The average molecular weight is 321 g/mol. The standard InChI is InChI=1S/C13H11N3O5S/c1-2-19-12(17)8-7-22-13(18)16(8)6-10-14-15-11(21-10)9-4-3-5-20-9/h3-5,7H,2,6H2,1H3. The lowest BCUT2D eigenvalue weighted by Gasteiger charge is -2.04. The smallest absolute Gasteiger partial charge is 0.355 e. The lowest BCUT2D eigenvalue weighted by atomic mass is 10.4. The molecule has 0 atom stereocenters. The van der Waals surface area contributed by atoms with Crippen LogP contribution in [0.2, 0.25) is 0 Å². The Kier molecular flexibility index (Phi) is 3.88. The van der Waals surface area contributed by atoms with Gasteiger partial charge in [0.15, 0.2) is 5.76 Å². The van der Waals surface area contributed by atoms with Gasteiger partial charge in [0.05, 0.1) is 12.9 Å². The first-order valence-corrected chi connectivity index (χ1v) is 7.28. The van der Waals surface area contributed by atoms with E-state index in [-0.39, 0.29) is 35.5 Å². The molecule has 3 aromatic rings. The van der Waals surface area contributed by atoms with E-state index in [4.69, 9.17) is 13.6 Å². The number of ether oxygens (including phenoxy) is 1. The van der Waals surface area contributed by atoms with E-state index in [1.54, 1.807) is 19.1 Å². The first-order chi connectivity index (χ1) is 10.7. The van der Waals surface area contributed by atoms with Gasteiger partial charge in [-0.05, 0) is 19.1 Å². The Balaban J connectivity index is 1.86. The number of hydrogen-bond acceptors (Lipinski definition) is 8. The molecule has 0 radical (unpaired) electrons. The number of nitrogens with zero attached hydrogens (tertiary/aromatic N) is 3. The summed E-state index contributed by atoms with van der Waals surface area (Å²) in [5.74, 6) is 0.270. The van der Waals surface area contributed by atoms with Gasteiger partial charge in [0.1, 0.15) is 12.2 Å². The highest BCUT2D eigenvalue weighted by Crippen LogP contribution is 2.18. The van der Waals surface area contributed by atoms with E-state index in [0.29, 0.717) is 5.76 Å². The second kappa shape index (κ2) is 5.98. The van der Waals surface area contributed by atoms with Crippen LogP contribution in [0.3, 0.4) is 0 Å². The fraction of sp³-hybridized carbons (Fsp3) is 0.231. The zero-order chi connectivity index (χ0) is 15.5. The fourth-order valence-corrected chi connectivity index (χ4v) is 2.52. The molecule has 0 saturated heterocycles. The molecule has 0 spiro atoms. The quantitative estimate of drug-likeness (QED) is 0.660. The van der Waals surface area contributed by atoms with Crippen molar-refractivity contribution in [3.63, 3.8) is 0 Å². The van der Waals surface area contributed by atoms with Gasteiger partial charge in [0, 0.05) is 5.38 Å². The molecule has 114 valence electrons. The van der Waals surface area contributed by atoms with Gasteiger partial charge in [0.2, 0.25) is 5.89 Å². The van der Waals surface area contributed by atoms with Crippen LogP contribution in [0.1, 0.15) is 23.3 Å². The molecular formula is C13H11N3O5S. The van der Waals surface area contributed by atoms with Crippen LogP contribution in [-0.4, -0.2) is 27.3 Å². The van der Waals surface area contributed by atoms with E-state index in [2.05, 4.69) is 10.2 Å². The van der Waals surface area contributed by atoms with Gasteiger partial charge in [0.25, 0.3) is 5.89 Å². The van der Waals surface area contributed by atoms with Crippen LogP contribution in [-0.2, 0) is 11.3 Å². The lowest BCUT2D eigenvalue weighted by Crippen LogP contribution is -2.21. The number of rotatable bonds is 5. The van der Waals surface area contributed by atoms with Crippen LogP contribution < -0.4 is 4.87 Å². The van der Waals surface area contributed by atoms with Gasteiger partial charge in [-0.2, -0.15) is 0 Å². The minimum atomic E-state index is -0.563. The summed E-state index contributed by atoms with van der Waals surface area (Å²) >= 11 is 0.907. The van der Waals surface area contributed by atoms with Crippen LogP contribution in [0.4, 0.5) is 0 Å². The Labute approximate surface area is 128 Å². The molecule has 0 amide bonds. The molecule has 0 aliphatic heterocycles. The second-order valence-electron chi connectivity index (χ2n) is 4.17. The summed E-state index contributed by atoms with van der Waals surface area (Å²) in [5.41, 5.74) is 0.162. The summed E-state index contributed by atoms with van der Waals surface area (Å²) in [6, 6.07) is 3.37. The summed E-state index contributed by atoms with van der Waals surface area (Å²) in [6.45, 7) is 1.91. The molecule has 0 fully saturated rings. The predicted octanol–water partition coefficient (Wildman–Crippen LogP) is 1.78. The summed E-state index contributed by atoms with van der Waals surface area (Å²) in [4.78, 5) is 23.4. The number of furan rings is 1. The monoisotopic (exact) mass is 321 g/mol. The van der Waals surface area contributed by atoms with Crippen molar-refractivity contribution in [1.29, 1.82) is 0 Å². The average Bonchev–Trinajstić information content (AvgIpc) is 3.22. The normalized spacial score (nSPS) is 10.8. The molecule has 0 aromatic carbocycles.